The lowest BCUT2D eigenvalue weighted by atomic mass is 9.74. The zero-order valence-electron chi connectivity index (χ0n) is 14.4. The fourth-order valence-corrected chi connectivity index (χ4v) is 4.33. The maximum Gasteiger partial charge on any atom is 0.0706 e. The molecular formula is C18H36N2O. The molecule has 0 amide bonds. The average Bonchev–Trinajstić information content (AvgIpc) is 2.92. The normalized spacial score (nSPS) is 37.3. The molecule has 1 heterocycles. The Balaban J connectivity index is 2.00. The molecule has 2 aliphatic rings. The molecule has 2 N–H and O–H groups in total. The van der Waals surface area contributed by atoms with E-state index in [1.165, 1.54) is 57.9 Å². The summed E-state index contributed by atoms with van der Waals surface area (Å²) in [6.07, 6.45) is 11.1. The first kappa shape index (κ1) is 17.2. The Hall–Kier alpha value is -0.120. The van der Waals surface area contributed by atoms with Gasteiger partial charge in [-0.1, -0.05) is 20.3 Å². The predicted molar refractivity (Wildman–Crippen MR) is 89.5 cm³/mol. The summed E-state index contributed by atoms with van der Waals surface area (Å²) < 4.78 is 6.08. The van der Waals surface area contributed by atoms with Gasteiger partial charge in [-0.3, -0.25) is 4.90 Å². The van der Waals surface area contributed by atoms with E-state index in [1.807, 2.05) is 0 Å². The predicted octanol–water partition coefficient (Wildman–Crippen LogP) is 3.56. The number of hydrogen-bond donors (Lipinski definition) is 1. The fraction of sp³-hybridized carbons (Fsp3) is 1.00. The second-order valence-electron chi connectivity index (χ2n) is 7.37. The molecule has 1 aliphatic heterocycles. The molecule has 1 saturated heterocycles. The largest absolute Gasteiger partial charge is 0.374 e. The maximum absolute atomic E-state index is 6.28. The molecule has 21 heavy (non-hydrogen) atoms. The molecule has 124 valence electrons. The van der Waals surface area contributed by atoms with Gasteiger partial charge in [0.1, 0.15) is 0 Å². The number of nitrogens with zero attached hydrogens (tertiary/aromatic N) is 1. The van der Waals surface area contributed by atoms with E-state index in [1.54, 1.807) is 0 Å². The van der Waals surface area contributed by atoms with Gasteiger partial charge >= 0.3 is 0 Å². The summed E-state index contributed by atoms with van der Waals surface area (Å²) in [6.45, 7) is 9.89. The van der Waals surface area contributed by atoms with Crippen LogP contribution in [0, 0.1) is 5.92 Å². The second-order valence-corrected chi connectivity index (χ2v) is 7.37. The van der Waals surface area contributed by atoms with Crippen LogP contribution < -0.4 is 5.73 Å². The molecule has 0 aromatic carbocycles. The van der Waals surface area contributed by atoms with Crippen LogP contribution in [-0.2, 0) is 4.74 Å². The zero-order chi connectivity index (χ0) is 15.3. The Morgan fingerprint density at radius 3 is 2.33 bits per heavy atom. The number of hydrogen-bond acceptors (Lipinski definition) is 3. The van der Waals surface area contributed by atoms with Gasteiger partial charge in [-0.25, -0.2) is 0 Å². The smallest absolute Gasteiger partial charge is 0.0706 e. The Labute approximate surface area is 131 Å². The van der Waals surface area contributed by atoms with Crippen LogP contribution in [-0.4, -0.2) is 42.3 Å². The second kappa shape index (κ2) is 7.94. The SMILES string of the molecule is CCCN(CC1CCC(C)O1)C1(CN)CCC(CC)CC1. The van der Waals surface area contributed by atoms with Crippen molar-refractivity contribution >= 4 is 0 Å². The molecule has 0 aromatic heterocycles. The highest BCUT2D eigenvalue weighted by Crippen LogP contribution is 2.38. The van der Waals surface area contributed by atoms with Crippen molar-refractivity contribution in [3.05, 3.63) is 0 Å². The summed E-state index contributed by atoms with van der Waals surface area (Å²) in [6, 6.07) is 0. The van der Waals surface area contributed by atoms with Crippen molar-refractivity contribution in [2.24, 2.45) is 11.7 Å². The van der Waals surface area contributed by atoms with Crippen molar-refractivity contribution in [1.29, 1.82) is 0 Å². The van der Waals surface area contributed by atoms with Crippen molar-refractivity contribution in [2.75, 3.05) is 19.6 Å². The van der Waals surface area contributed by atoms with E-state index in [9.17, 15) is 0 Å². The van der Waals surface area contributed by atoms with Gasteiger partial charge in [-0.15, -0.1) is 0 Å². The van der Waals surface area contributed by atoms with Gasteiger partial charge < -0.3 is 10.5 Å². The first-order valence-electron chi connectivity index (χ1n) is 9.24. The fourth-order valence-electron chi connectivity index (χ4n) is 4.33. The van der Waals surface area contributed by atoms with Gasteiger partial charge in [0.15, 0.2) is 0 Å². The third-order valence-corrected chi connectivity index (χ3v) is 5.90. The first-order valence-corrected chi connectivity index (χ1v) is 9.24. The summed E-state index contributed by atoms with van der Waals surface area (Å²) in [7, 11) is 0. The maximum atomic E-state index is 6.28. The molecule has 3 nitrogen and oxygen atoms in total. The summed E-state index contributed by atoms with van der Waals surface area (Å²) in [5.74, 6) is 0.927. The van der Waals surface area contributed by atoms with E-state index in [-0.39, 0.29) is 5.54 Å². The van der Waals surface area contributed by atoms with Crippen LogP contribution in [0.3, 0.4) is 0 Å². The molecule has 1 aliphatic carbocycles. The monoisotopic (exact) mass is 296 g/mol. The van der Waals surface area contributed by atoms with Crippen molar-refractivity contribution in [3.8, 4) is 0 Å². The van der Waals surface area contributed by atoms with Gasteiger partial charge in [0.2, 0.25) is 0 Å². The summed E-state index contributed by atoms with van der Waals surface area (Å²) in [4.78, 5) is 2.70. The molecule has 2 atom stereocenters. The van der Waals surface area contributed by atoms with Gasteiger partial charge in [-0.2, -0.15) is 0 Å². The van der Waals surface area contributed by atoms with Crippen molar-refractivity contribution < 1.29 is 4.74 Å². The molecule has 0 aromatic rings. The quantitative estimate of drug-likeness (QED) is 0.780. The van der Waals surface area contributed by atoms with Crippen LogP contribution in [0.2, 0.25) is 0 Å². The minimum atomic E-state index is 0.247. The van der Waals surface area contributed by atoms with E-state index in [0.29, 0.717) is 12.2 Å². The minimum absolute atomic E-state index is 0.247. The lowest BCUT2D eigenvalue weighted by Crippen LogP contribution is -2.57. The van der Waals surface area contributed by atoms with Crippen LogP contribution in [0.1, 0.15) is 72.1 Å². The van der Waals surface area contributed by atoms with Crippen molar-refractivity contribution in [1.82, 2.24) is 4.90 Å². The Morgan fingerprint density at radius 2 is 1.86 bits per heavy atom. The number of nitrogens with two attached hydrogens (primary N) is 1. The lowest BCUT2D eigenvalue weighted by molar-refractivity contribution is -0.0194. The van der Waals surface area contributed by atoms with Crippen LogP contribution >= 0.6 is 0 Å². The van der Waals surface area contributed by atoms with E-state index >= 15 is 0 Å². The van der Waals surface area contributed by atoms with Crippen molar-refractivity contribution in [3.63, 3.8) is 0 Å². The third kappa shape index (κ3) is 4.20. The van der Waals surface area contributed by atoms with E-state index in [4.69, 9.17) is 10.5 Å². The first-order chi connectivity index (χ1) is 10.1. The lowest BCUT2D eigenvalue weighted by Gasteiger charge is -2.48. The van der Waals surface area contributed by atoms with Crippen LogP contribution in [0.15, 0.2) is 0 Å². The van der Waals surface area contributed by atoms with Gasteiger partial charge in [-0.05, 0) is 64.3 Å². The standard InChI is InChI=1S/C18H36N2O/c1-4-12-20(13-17-7-6-15(3)21-17)18(14-19)10-8-16(5-2)9-11-18/h15-17H,4-14,19H2,1-3H3. The van der Waals surface area contributed by atoms with Gasteiger partial charge in [0.25, 0.3) is 0 Å². The third-order valence-electron chi connectivity index (χ3n) is 5.90. The topological polar surface area (TPSA) is 38.5 Å². The van der Waals surface area contributed by atoms with E-state index in [2.05, 4.69) is 25.7 Å². The molecule has 0 bridgehead atoms. The number of ether oxygens (including phenoxy) is 1. The molecule has 0 radical (unpaired) electrons. The Kier molecular flexibility index (Phi) is 6.51. The average molecular weight is 296 g/mol. The Morgan fingerprint density at radius 1 is 1.14 bits per heavy atom. The molecule has 3 heteroatoms. The van der Waals surface area contributed by atoms with Gasteiger partial charge in [0, 0.05) is 18.6 Å². The molecule has 2 rings (SSSR count). The molecule has 1 saturated carbocycles. The molecular weight excluding hydrogens is 260 g/mol. The molecule has 2 unspecified atom stereocenters. The number of rotatable bonds is 7. The van der Waals surface area contributed by atoms with E-state index in [0.717, 1.165) is 19.0 Å². The van der Waals surface area contributed by atoms with Crippen LogP contribution in [0.4, 0.5) is 0 Å². The summed E-state index contributed by atoms with van der Waals surface area (Å²) >= 11 is 0. The highest BCUT2D eigenvalue weighted by Gasteiger charge is 2.40. The summed E-state index contributed by atoms with van der Waals surface area (Å²) in [5.41, 5.74) is 6.52. The van der Waals surface area contributed by atoms with E-state index < -0.39 is 0 Å². The molecule has 0 spiro atoms. The highest BCUT2D eigenvalue weighted by atomic mass is 16.5. The zero-order valence-corrected chi connectivity index (χ0v) is 14.4. The minimum Gasteiger partial charge on any atom is -0.374 e. The van der Waals surface area contributed by atoms with Gasteiger partial charge in [0.05, 0.1) is 12.2 Å². The van der Waals surface area contributed by atoms with Crippen LogP contribution in [0.5, 0.6) is 0 Å². The highest BCUT2D eigenvalue weighted by molar-refractivity contribution is 4.97. The Bertz CT molecular complexity index is 300. The van der Waals surface area contributed by atoms with Crippen molar-refractivity contribution in [2.45, 2.75) is 89.9 Å². The molecule has 2 fully saturated rings. The summed E-state index contributed by atoms with van der Waals surface area (Å²) in [5, 5.41) is 0. The van der Waals surface area contributed by atoms with Crippen LogP contribution in [0.25, 0.3) is 0 Å².